The van der Waals surface area contributed by atoms with E-state index >= 15 is 0 Å². The van der Waals surface area contributed by atoms with Gasteiger partial charge >= 0.3 is 5.97 Å². The Labute approximate surface area is 151 Å². The number of morpholine rings is 1. The fourth-order valence-corrected chi connectivity index (χ4v) is 3.03. The van der Waals surface area contributed by atoms with Crippen molar-refractivity contribution in [3.05, 3.63) is 57.2 Å². The summed E-state index contributed by atoms with van der Waals surface area (Å²) in [6.07, 6.45) is 0.365. The van der Waals surface area contributed by atoms with Crippen molar-refractivity contribution in [1.82, 2.24) is 4.90 Å². The van der Waals surface area contributed by atoms with Crippen molar-refractivity contribution in [2.24, 2.45) is 0 Å². The van der Waals surface area contributed by atoms with Crippen LogP contribution in [-0.4, -0.2) is 41.6 Å². The van der Waals surface area contributed by atoms with Gasteiger partial charge in [0.1, 0.15) is 18.2 Å². The van der Waals surface area contributed by atoms with Crippen molar-refractivity contribution in [2.75, 3.05) is 19.7 Å². The van der Waals surface area contributed by atoms with E-state index in [9.17, 15) is 14.0 Å². The van der Waals surface area contributed by atoms with Gasteiger partial charge in [0.2, 0.25) is 0 Å². The van der Waals surface area contributed by atoms with Crippen LogP contribution in [0, 0.1) is 5.82 Å². The molecule has 1 fully saturated rings. The summed E-state index contributed by atoms with van der Waals surface area (Å²) in [7, 11) is 0. The Balaban J connectivity index is 1.80. The van der Waals surface area contributed by atoms with Gasteiger partial charge in [-0.2, -0.15) is 0 Å². The minimum absolute atomic E-state index is 0.0913. The van der Waals surface area contributed by atoms with Crippen molar-refractivity contribution >= 4 is 35.1 Å². The molecule has 1 aliphatic heterocycles. The van der Waals surface area contributed by atoms with E-state index in [-0.39, 0.29) is 41.1 Å². The number of rotatable bonds is 3. The minimum Gasteiger partial charge on any atom is -0.478 e. The smallest absolute Gasteiger partial charge is 0.338 e. The van der Waals surface area contributed by atoms with Gasteiger partial charge < -0.3 is 19.2 Å². The predicted molar refractivity (Wildman–Crippen MR) is 86.7 cm³/mol. The molecule has 1 aliphatic rings. The molecule has 2 heterocycles. The molecule has 1 unspecified atom stereocenters. The van der Waals surface area contributed by atoms with Crippen LogP contribution in [0.25, 0.3) is 0 Å². The van der Waals surface area contributed by atoms with Crippen LogP contribution in [0.5, 0.6) is 0 Å². The van der Waals surface area contributed by atoms with Crippen LogP contribution < -0.4 is 0 Å². The highest BCUT2D eigenvalue weighted by Gasteiger charge is 2.29. The Morgan fingerprint density at radius 2 is 2.00 bits per heavy atom. The Kier molecular flexibility index (Phi) is 4.99. The first-order chi connectivity index (χ1) is 11.9. The maximum Gasteiger partial charge on any atom is 0.338 e. The van der Waals surface area contributed by atoms with Crippen molar-refractivity contribution < 1.29 is 28.2 Å². The highest BCUT2D eigenvalue weighted by molar-refractivity contribution is 6.35. The molecule has 0 saturated carbocycles. The summed E-state index contributed by atoms with van der Waals surface area (Å²) in [5.74, 6) is -2.39. The molecule has 0 bridgehead atoms. The minimum atomic E-state index is -1.19. The fraction of sp³-hybridized carbons (Fsp3) is 0.250. The van der Waals surface area contributed by atoms with Crippen LogP contribution in [0.3, 0.4) is 0 Å². The SMILES string of the molecule is O=C(O)c1coc(C(=O)N2CCOC(c3cc(F)c(Cl)cc3Cl)C2)c1. The lowest BCUT2D eigenvalue weighted by Crippen LogP contribution is -2.42. The largest absolute Gasteiger partial charge is 0.478 e. The second-order valence-corrected chi connectivity index (χ2v) is 6.22. The summed E-state index contributed by atoms with van der Waals surface area (Å²) in [5, 5.41) is 9.02. The average molecular weight is 388 g/mol. The van der Waals surface area contributed by atoms with Gasteiger partial charge in [-0.3, -0.25) is 4.79 Å². The molecule has 1 aromatic carbocycles. The normalized spacial score (nSPS) is 17.6. The second-order valence-electron chi connectivity index (χ2n) is 5.40. The van der Waals surface area contributed by atoms with Crippen LogP contribution in [-0.2, 0) is 4.74 Å². The van der Waals surface area contributed by atoms with Gasteiger partial charge in [-0.25, -0.2) is 9.18 Å². The molecular formula is C16H12Cl2FNO5. The Bertz CT molecular complexity index is 838. The lowest BCUT2D eigenvalue weighted by molar-refractivity contribution is -0.0238. The molecule has 6 nitrogen and oxygen atoms in total. The number of carboxylic acid groups (broad SMARTS) is 1. The average Bonchev–Trinajstić information content (AvgIpc) is 3.08. The maximum atomic E-state index is 13.7. The standard InChI is InChI=1S/C16H12Cl2FNO5/c17-10-5-11(18)12(19)4-9(10)14-6-20(1-2-24-14)15(21)13-3-8(7-25-13)16(22)23/h3-5,7,14H,1-2,6H2,(H,22,23). The number of halogens is 3. The number of carboxylic acids is 1. The Morgan fingerprint density at radius 3 is 2.68 bits per heavy atom. The van der Waals surface area contributed by atoms with Gasteiger partial charge in [-0.15, -0.1) is 0 Å². The summed E-state index contributed by atoms with van der Waals surface area (Å²) in [4.78, 5) is 24.8. The third-order valence-electron chi connectivity index (χ3n) is 3.80. The molecule has 1 aromatic heterocycles. The molecule has 1 atom stereocenters. The number of benzene rings is 1. The first kappa shape index (κ1) is 17.7. The van der Waals surface area contributed by atoms with Gasteiger partial charge in [0.05, 0.1) is 23.7 Å². The van der Waals surface area contributed by atoms with Gasteiger partial charge in [0, 0.05) is 23.2 Å². The van der Waals surface area contributed by atoms with Gasteiger partial charge in [0.25, 0.3) is 5.91 Å². The van der Waals surface area contributed by atoms with E-state index in [0.717, 1.165) is 12.3 Å². The molecule has 0 aliphatic carbocycles. The zero-order chi connectivity index (χ0) is 18.1. The summed E-state index contributed by atoms with van der Waals surface area (Å²) in [5.41, 5.74) is 0.266. The third kappa shape index (κ3) is 3.63. The number of furan rings is 1. The van der Waals surface area contributed by atoms with E-state index in [1.165, 1.54) is 17.0 Å². The maximum absolute atomic E-state index is 13.7. The van der Waals surface area contributed by atoms with Gasteiger partial charge in [-0.1, -0.05) is 23.2 Å². The third-order valence-corrected chi connectivity index (χ3v) is 4.41. The highest BCUT2D eigenvalue weighted by atomic mass is 35.5. The molecule has 132 valence electrons. The number of hydrogen-bond acceptors (Lipinski definition) is 4. The van der Waals surface area contributed by atoms with E-state index in [1.54, 1.807) is 0 Å². The summed E-state index contributed by atoms with van der Waals surface area (Å²) >= 11 is 11.8. The van der Waals surface area contributed by atoms with E-state index < -0.39 is 23.8 Å². The van der Waals surface area contributed by atoms with E-state index in [4.69, 9.17) is 37.5 Å². The number of aromatic carboxylic acids is 1. The summed E-state index contributed by atoms with van der Waals surface area (Å²) in [6.45, 7) is 0.609. The molecule has 0 spiro atoms. The molecule has 1 amide bonds. The molecule has 2 aromatic rings. The molecule has 9 heteroatoms. The van der Waals surface area contributed by atoms with E-state index in [0.29, 0.717) is 5.56 Å². The number of ether oxygens (including phenoxy) is 1. The molecule has 25 heavy (non-hydrogen) atoms. The van der Waals surface area contributed by atoms with Crippen LogP contribution in [0.4, 0.5) is 4.39 Å². The summed E-state index contributed by atoms with van der Waals surface area (Å²) < 4.78 is 24.3. The number of carbonyl (C=O) groups is 2. The molecule has 1 saturated heterocycles. The highest BCUT2D eigenvalue weighted by Crippen LogP contribution is 2.32. The number of nitrogens with zero attached hydrogens (tertiary/aromatic N) is 1. The molecule has 1 N–H and O–H groups in total. The van der Waals surface area contributed by atoms with Crippen LogP contribution in [0.15, 0.2) is 28.9 Å². The zero-order valence-corrected chi connectivity index (χ0v) is 14.2. The van der Waals surface area contributed by atoms with Crippen molar-refractivity contribution in [3.8, 4) is 0 Å². The van der Waals surface area contributed by atoms with E-state index in [2.05, 4.69) is 0 Å². The van der Waals surface area contributed by atoms with Gasteiger partial charge in [-0.05, 0) is 12.1 Å². The quantitative estimate of drug-likeness (QED) is 0.813. The fourth-order valence-electron chi connectivity index (χ4n) is 2.52. The number of amides is 1. The van der Waals surface area contributed by atoms with Gasteiger partial charge in [0.15, 0.2) is 5.76 Å². The molecular weight excluding hydrogens is 376 g/mol. The molecule has 0 radical (unpaired) electrons. The van der Waals surface area contributed by atoms with E-state index in [1.807, 2.05) is 0 Å². The van der Waals surface area contributed by atoms with Crippen LogP contribution in [0.1, 0.15) is 32.6 Å². The van der Waals surface area contributed by atoms with Crippen molar-refractivity contribution in [1.29, 1.82) is 0 Å². The lowest BCUT2D eigenvalue weighted by Gasteiger charge is -2.33. The van der Waals surface area contributed by atoms with Crippen LogP contribution in [0.2, 0.25) is 10.0 Å². The predicted octanol–water partition coefficient (Wildman–Crippen LogP) is 3.64. The Morgan fingerprint density at radius 1 is 1.24 bits per heavy atom. The topological polar surface area (TPSA) is 80.0 Å². The lowest BCUT2D eigenvalue weighted by atomic mass is 10.1. The zero-order valence-electron chi connectivity index (χ0n) is 12.7. The summed E-state index contributed by atoms with van der Waals surface area (Å²) in [6, 6.07) is 3.62. The Hall–Kier alpha value is -2.09. The van der Waals surface area contributed by atoms with Crippen LogP contribution >= 0.6 is 23.2 Å². The number of carbonyl (C=O) groups excluding carboxylic acids is 1. The first-order valence-corrected chi connectivity index (χ1v) is 7.99. The molecule has 3 rings (SSSR count). The monoisotopic (exact) mass is 387 g/mol. The van der Waals surface area contributed by atoms with Crippen molar-refractivity contribution in [3.63, 3.8) is 0 Å². The van der Waals surface area contributed by atoms with Crippen molar-refractivity contribution in [2.45, 2.75) is 6.10 Å². The first-order valence-electron chi connectivity index (χ1n) is 7.24. The number of hydrogen-bond donors (Lipinski definition) is 1. The second kappa shape index (κ2) is 7.03.